The van der Waals surface area contributed by atoms with Crippen LogP contribution in [-0.2, 0) is 4.52 Å². The third-order valence-electron chi connectivity index (χ3n) is 6.40. The lowest BCUT2D eigenvalue weighted by Gasteiger charge is -2.56. The average Bonchev–Trinajstić information content (AvgIpc) is 2.79. The Balaban J connectivity index is 2.14. The summed E-state index contributed by atoms with van der Waals surface area (Å²) in [4.78, 5) is 0. The van der Waals surface area contributed by atoms with E-state index in [1.807, 2.05) is 0 Å². The number of benzene rings is 2. The molecule has 4 unspecified atom stereocenters. The first-order valence-corrected chi connectivity index (χ1v) is 20.0. The molecule has 0 N–H and O–H groups in total. The first kappa shape index (κ1) is 20.9. The normalized spacial score (nSPS) is 31.1. The van der Waals surface area contributed by atoms with Crippen LogP contribution in [0.15, 0.2) is 54.6 Å². The maximum atomic E-state index is 2.72. The number of hydrogen-bond acceptors (Lipinski definition) is 2. The molecular weight excluding hydrogens is 410 g/mol. The van der Waals surface area contributed by atoms with Gasteiger partial charge in [0.15, 0.2) is 0 Å². The summed E-state index contributed by atoms with van der Waals surface area (Å²) in [6.07, 6.45) is 0. The van der Waals surface area contributed by atoms with Crippen molar-refractivity contribution < 1.29 is 0 Å². The van der Waals surface area contributed by atoms with Gasteiger partial charge in [0.25, 0.3) is 0 Å². The maximum absolute atomic E-state index is 2.72. The van der Waals surface area contributed by atoms with Gasteiger partial charge < -0.3 is 0 Å². The summed E-state index contributed by atoms with van der Waals surface area (Å²) in [5.74, 6) is 0. The second kappa shape index (κ2) is 6.84. The van der Waals surface area contributed by atoms with Gasteiger partial charge in [0.2, 0.25) is 0 Å². The third-order valence-corrected chi connectivity index (χ3v) is 25.6. The summed E-state index contributed by atoms with van der Waals surface area (Å²) in [5, 5.41) is 2.36. The van der Waals surface area contributed by atoms with Crippen LogP contribution >= 0.6 is 16.1 Å². The average molecular weight is 445 g/mol. The molecule has 0 radical (unpaired) electrons. The van der Waals surface area contributed by atoms with Gasteiger partial charge in [-0.2, -0.15) is 0 Å². The van der Waals surface area contributed by atoms with Crippen molar-refractivity contribution >= 4 is 37.6 Å². The first-order valence-electron chi connectivity index (χ1n) is 10.2. The highest BCUT2D eigenvalue weighted by atomic mass is 31.2. The fraction of sp³-hybridized carbons (Fsp3) is 0.455. The molecule has 4 rings (SSSR count). The molecule has 2 bridgehead atoms. The van der Waals surface area contributed by atoms with Crippen molar-refractivity contribution in [2.75, 3.05) is 14.1 Å². The SMILES string of the molecule is CN1N(C)P2C([Si](C)(C)C)c3ccccc3P1C2(c1ccccc1)[Si](C)(C)C. The topological polar surface area (TPSA) is 6.48 Å². The van der Waals surface area contributed by atoms with Gasteiger partial charge in [-0.25, -0.2) is 9.56 Å². The van der Waals surface area contributed by atoms with Crippen LogP contribution in [0.25, 0.3) is 0 Å². The molecule has 28 heavy (non-hydrogen) atoms. The van der Waals surface area contributed by atoms with E-state index in [1.54, 1.807) is 16.4 Å². The minimum Gasteiger partial charge on any atom is -0.218 e. The van der Waals surface area contributed by atoms with E-state index < -0.39 is 24.2 Å². The van der Waals surface area contributed by atoms with E-state index in [0.29, 0.717) is 9.80 Å². The summed E-state index contributed by atoms with van der Waals surface area (Å²) < 4.78 is 5.70. The predicted molar refractivity (Wildman–Crippen MR) is 133 cm³/mol. The van der Waals surface area contributed by atoms with Crippen LogP contribution < -0.4 is 5.30 Å². The molecule has 150 valence electrons. The van der Waals surface area contributed by atoms with Crippen LogP contribution in [-0.4, -0.2) is 39.8 Å². The molecule has 2 aromatic rings. The Morgan fingerprint density at radius 1 is 0.786 bits per heavy atom. The highest BCUT2D eigenvalue weighted by molar-refractivity contribution is 7.86. The molecule has 1 saturated heterocycles. The fourth-order valence-corrected chi connectivity index (χ4v) is 26.9. The minimum atomic E-state index is -1.59. The molecule has 2 heterocycles. The number of rotatable bonds is 3. The van der Waals surface area contributed by atoms with Crippen LogP contribution in [0.4, 0.5) is 0 Å². The van der Waals surface area contributed by atoms with Crippen LogP contribution in [0.3, 0.4) is 0 Å². The fourth-order valence-electron chi connectivity index (χ4n) is 5.37. The number of hydrazine groups is 1. The highest BCUT2D eigenvalue weighted by Crippen LogP contribution is 2.89. The largest absolute Gasteiger partial charge is 0.218 e. The Hall–Kier alpha value is -0.346. The molecule has 2 aliphatic heterocycles. The van der Waals surface area contributed by atoms with Gasteiger partial charge in [-0.3, -0.25) is 0 Å². The quantitative estimate of drug-likeness (QED) is 0.391. The molecule has 1 fully saturated rings. The lowest BCUT2D eigenvalue weighted by atomic mass is 10.2. The van der Waals surface area contributed by atoms with E-state index >= 15 is 0 Å². The first-order chi connectivity index (χ1) is 13.0. The van der Waals surface area contributed by atoms with Crippen molar-refractivity contribution in [2.24, 2.45) is 0 Å². The zero-order chi connectivity index (χ0) is 20.5. The zero-order valence-corrected chi connectivity index (χ0v) is 22.4. The second-order valence-corrected chi connectivity index (χ2v) is 27.3. The summed E-state index contributed by atoms with van der Waals surface area (Å²) in [6, 6.07) is 21.1. The predicted octanol–water partition coefficient (Wildman–Crippen LogP) is 6.56. The van der Waals surface area contributed by atoms with E-state index in [-0.39, 0.29) is 8.07 Å². The number of hydrogen-bond donors (Lipinski definition) is 0. The van der Waals surface area contributed by atoms with Crippen molar-refractivity contribution in [3.05, 3.63) is 65.7 Å². The Bertz CT molecular complexity index is 878. The van der Waals surface area contributed by atoms with Gasteiger partial charge in [-0.15, -0.1) is 0 Å². The lowest BCUT2D eigenvalue weighted by Crippen LogP contribution is -2.52. The molecule has 0 spiro atoms. The second-order valence-electron chi connectivity index (χ2n) is 10.3. The van der Waals surface area contributed by atoms with Crippen LogP contribution in [0.5, 0.6) is 0 Å². The van der Waals surface area contributed by atoms with E-state index in [2.05, 4.69) is 118 Å². The van der Waals surface area contributed by atoms with E-state index in [1.165, 1.54) is 0 Å². The molecule has 0 saturated carbocycles. The molecule has 2 aliphatic rings. The van der Waals surface area contributed by atoms with Crippen LogP contribution in [0, 0.1) is 0 Å². The van der Waals surface area contributed by atoms with Crippen molar-refractivity contribution in [2.45, 2.75) is 49.1 Å². The van der Waals surface area contributed by atoms with Crippen molar-refractivity contribution in [1.29, 1.82) is 0 Å². The van der Waals surface area contributed by atoms with Crippen LogP contribution in [0.1, 0.15) is 16.4 Å². The van der Waals surface area contributed by atoms with Gasteiger partial charge in [-0.05, 0) is 24.5 Å². The maximum Gasteiger partial charge on any atom is 0.0703 e. The molecule has 0 amide bonds. The van der Waals surface area contributed by atoms with E-state index in [0.717, 1.165) is 0 Å². The van der Waals surface area contributed by atoms with Gasteiger partial charge in [-0.1, -0.05) is 93.9 Å². The standard InChI is InChI=1S/C22H34N2P2Si2/c1-23-24(2)26-21(27(3,4)5)19-16-12-13-17-20(19)25(23)22(26,28(6,7)8)18-14-10-9-11-15-18/h9-17,21H,1-8H3. The van der Waals surface area contributed by atoms with E-state index in [4.69, 9.17) is 0 Å². The number of nitrogens with zero attached hydrogens (tertiary/aromatic N) is 2. The van der Waals surface area contributed by atoms with Gasteiger partial charge >= 0.3 is 0 Å². The molecule has 0 aromatic heterocycles. The summed E-state index contributed by atoms with van der Waals surface area (Å²) in [5.41, 5.74) is 3.29. The van der Waals surface area contributed by atoms with E-state index in [9.17, 15) is 0 Å². The molecular formula is C22H34N2P2Si2. The Labute approximate surface area is 175 Å². The monoisotopic (exact) mass is 444 g/mol. The molecule has 2 aromatic carbocycles. The lowest BCUT2D eigenvalue weighted by molar-refractivity contribution is 0.276. The van der Waals surface area contributed by atoms with Crippen molar-refractivity contribution in [3.8, 4) is 0 Å². The van der Waals surface area contributed by atoms with Crippen molar-refractivity contribution in [3.63, 3.8) is 0 Å². The van der Waals surface area contributed by atoms with Crippen LogP contribution in [0.2, 0.25) is 39.3 Å². The Morgan fingerprint density at radius 2 is 1.36 bits per heavy atom. The van der Waals surface area contributed by atoms with Gasteiger partial charge in [0.05, 0.1) is 20.7 Å². The minimum absolute atomic E-state index is 0.307. The highest BCUT2D eigenvalue weighted by Gasteiger charge is 2.69. The molecule has 2 nitrogen and oxygen atoms in total. The molecule has 0 aliphatic carbocycles. The van der Waals surface area contributed by atoms with Crippen molar-refractivity contribution in [1.82, 2.24) is 9.56 Å². The third kappa shape index (κ3) is 2.72. The smallest absolute Gasteiger partial charge is 0.0703 e. The van der Waals surface area contributed by atoms with Gasteiger partial charge in [0, 0.05) is 27.4 Å². The summed E-state index contributed by atoms with van der Waals surface area (Å²) >= 11 is 0. The molecule has 6 heteroatoms. The van der Waals surface area contributed by atoms with Gasteiger partial charge in [0.1, 0.15) is 0 Å². The molecule has 4 atom stereocenters. The zero-order valence-electron chi connectivity index (χ0n) is 18.6. The summed E-state index contributed by atoms with van der Waals surface area (Å²) in [6.45, 7) is 15.7. The summed E-state index contributed by atoms with van der Waals surface area (Å²) in [7, 11) is 0.973. The number of fused-ring (bicyclic) bond motifs is 4. The Morgan fingerprint density at radius 3 is 1.93 bits per heavy atom. The Kier molecular flexibility index (Phi) is 5.10.